The first-order chi connectivity index (χ1) is 16.1. The van der Waals surface area contributed by atoms with E-state index in [0.29, 0.717) is 16.7 Å². The predicted octanol–water partition coefficient (Wildman–Crippen LogP) is 4.48. The van der Waals surface area contributed by atoms with E-state index >= 15 is 0 Å². The van der Waals surface area contributed by atoms with Crippen LogP contribution in [-0.4, -0.2) is 41.7 Å². The van der Waals surface area contributed by atoms with Gasteiger partial charge in [0.1, 0.15) is 16.7 Å². The van der Waals surface area contributed by atoms with E-state index in [1.807, 2.05) is 49.5 Å². The highest BCUT2D eigenvalue weighted by Crippen LogP contribution is 2.30. The van der Waals surface area contributed by atoms with Crippen LogP contribution in [0.2, 0.25) is 0 Å². The molecule has 3 aromatic rings. The van der Waals surface area contributed by atoms with Crippen LogP contribution in [0.1, 0.15) is 47.5 Å². The van der Waals surface area contributed by atoms with Gasteiger partial charge in [0.2, 0.25) is 5.88 Å². The smallest absolute Gasteiger partial charge is 0.263 e. The number of anilines is 1. The first-order valence-corrected chi connectivity index (χ1v) is 12.3. The minimum atomic E-state index is -0.103. The number of nitrogens with zero attached hydrogens (tertiary/aromatic N) is 3. The molecule has 3 heterocycles. The van der Waals surface area contributed by atoms with Crippen LogP contribution < -0.4 is 19.7 Å². The number of amides is 1. The fraction of sp³-hybridized carbons (Fsp3) is 0.400. The molecule has 1 aliphatic heterocycles. The predicted molar refractivity (Wildman–Crippen MR) is 128 cm³/mol. The van der Waals surface area contributed by atoms with E-state index in [1.165, 1.54) is 24.2 Å². The lowest BCUT2D eigenvalue weighted by molar-refractivity contribution is 0.0944. The Balaban J connectivity index is 1.13. The fourth-order valence-corrected chi connectivity index (χ4v) is 4.45. The van der Waals surface area contributed by atoms with E-state index in [0.717, 1.165) is 43.1 Å². The number of nitrogens with one attached hydrogen (secondary N) is 1. The molecule has 0 radical (unpaired) electrons. The lowest BCUT2D eigenvalue weighted by Gasteiger charge is -2.20. The van der Waals surface area contributed by atoms with Crippen molar-refractivity contribution in [2.45, 2.75) is 38.3 Å². The summed E-state index contributed by atoms with van der Waals surface area (Å²) in [6, 6.07) is 11.9. The van der Waals surface area contributed by atoms with Crippen LogP contribution in [0.4, 0.5) is 5.69 Å². The Hall–Kier alpha value is -3.13. The highest BCUT2D eigenvalue weighted by atomic mass is 32.1. The van der Waals surface area contributed by atoms with Gasteiger partial charge in [-0.3, -0.25) is 9.78 Å². The second-order valence-corrected chi connectivity index (χ2v) is 9.60. The van der Waals surface area contributed by atoms with Crippen molar-refractivity contribution < 1.29 is 14.3 Å². The summed E-state index contributed by atoms with van der Waals surface area (Å²) in [6.45, 7) is 4.51. The molecule has 0 bridgehead atoms. The molecule has 1 aliphatic carbocycles. The minimum Gasteiger partial charge on any atom is -0.489 e. The largest absolute Gasteiger partial charge is 0.489 e. The van der Waals surface area contributed by atoms with Crippen LogP contribution in [0, 0.1) is 5.92 Å². The number of carbonyl (C=O) groups is 1. The number of pyridine rings is 1. The molecule has 1 saturated carbocycles. The molecule has 7 nitrogen and oxygen atoms in total. The Morgan fingerprint density at radius 2 is 2.09 bits per heavy atom. The number of carbonyl (C=O) groups excluding carboxylic acids is 1. The Morgan fingerprint density at radius 3 is 2.85 bits per heavy atom. The number of benzene rings is 1. The van der Waals surface area contributed by atoms with Crippen molar-refractivity contribution in [3.63, 3.8) is 0 Å². The van der Waals surface area contributed by atoms with Crippen LogP contribution in [-0.2, 0) is 0 Å². The third-order valence-corrected chi connectivity index (χ3v) is 6.85. The molecule has 1 saturated heterocycles. The van der Waals surface area contributed by atoms with Crippen LogP contribution in [0.15, 0.2) is 54.3 Å². The summed E-state index contributed by atoms with van der Waals surface area (Å²) in [4.78, 5) is 23.5. The summed E-state index contributed by atoms with van der Waals surface area (Å²) in [7, 11) is 0. The summed E-state index contributed by atoms with van der Waals surface area (Å²) in [5, 5.41) is 3.01. The zero-order chi connectivity index (χ0) is 22.6. The van der Waals surface area contributed by atoms with Crippen molar-refractivity contribution in [2.24, 2.45) is 5.92 Å². The molecule has 0 spiro atoms. The molecule has 5 rings (SSSR count). The molecular weight excluding hydrogens is 436 g/mol. The van der Waals surface area contributed by atoms with E-state index in [1.54, 1.807) is 11.7 Å². The van der Waals surface area contributed by atoms with Gasteiger partial charge >= 0.3 is 0 Å². The Morgan fingerprint density at radius 1 is 1.24 bits per heavy atom. The lowest BCUT2D eigenvalue weighted by atomic mass is 10.1. The summed E-state index contributed by atoms with van der Waals surface area (Å²) in [5.74, 6) is 2.16. The molecule has 33 heavy (non-hydrogen) atoms. The molecule has 2 atom stereocenters. The summed E-state index contributed by atoms with van der Waals surface area (Å²) in [5.41, 5.74) is 3.82. The second kappa shape index (κ2) is 9.79. The van der Waals surface area contributed by atoms with Crippen molar-refractivity contribution >= 4 is 22.9 Å². The SMILES string of the molecule is C[C@H](NC(=O)c1cncs1)c1ccc(O[C@@H]2CCN(c3ccnc(OCC4CC4)c3)C2)cc1. The molecule has 0 unspecified atom stereocenters. The van der Waals surface area contributed by atoms with Crippen molar-refractivity contribution in [1.29, 1.82) is 0 Å². The highest BCUT2D eigenvalue weighted by Gasteiger charge is 2.25. The number of thiazole rings is 1. The molecule has 2 aromatic heterocycles. The van der Waals surface area contributed by atoms with Crippen molar-refractivity contribution in [1.82, 2.24) is 15.3 Å². The Labute approximate surface area is 197 Å². The Bertz CT molecular complexity index is 1070. The van der Waals surface area contributed by atoms with Crippen LogP contribution in [0.5, 0.6) is 11.6 Å². The van der Waals surface area contributed by atoms with Gasteiger partial charge in [0.05, 0.1) is 30.9 Å². The number of aromatic nitrogens is 2. The van der Waals surface area contributed by atoms with Gasteiger partial charge in [-0.25, -0.2) is 4.98 Å². The molecule has 1 N–H and O–H groups in total. The molecule has 172 valence electrons. The normalized spacial score (nSPS) is 18.7. The standard InChI is InChI=1S/C25H28N4O3S/c1-17(28-25(30)23-13-26-16-33-23)19-4-6-21(7-5-19)32-22-9-11-29(14-22)20-8-10-27-24(12-20)31-15-18-2-3-18/h4-8,10,12-13,16-18,22H,2-3,9,11,14-15H2,1H3,(H,28,30)/t17-,22+/m0/s1. The highest BCUT2D eigenvalue weighted by molar-refractivity contribution is 7.11. The van der Waals surface area contributed by atoms with E-state index in [-0.39, 0.29) is 18.1 Å². The molecule has 1 amide bonds. The van der Waals surface area contributed by atoms with Crippen LogP contribution in [0.25, 0.3) is 0 Å². The van der Waals surface area contributed by atoms with E-state index in [2.05, 4.69) is 20.2 Å². The van der Waals surface area contributed by atoms with Gasteiger partial charge in [-0.2, -0.15) is 0 Å². The third kappa shape index (κ3) is 5.63. The first-order valence-electron chi connectivity index (χ1n) is 11.4. The number of ether oxygens (including phenoxy) is 2. The fourth-order valence-electron chi connectivity index (χ4n) is 3.93. The number of hydrogen-bond acceptors (Lipinski definition) is 7. The molecule has 2 fully saturated rings. The van der Waals surface area contributed by atoms with Gasteiger partial charge in [-0.15, -0.1) is 11.3 Å². The third-order valence-electron chi connectivity index (χ3n) is 6.08. The van der Waals surface area contributed by atoms with Crippen molar-refractivity contribution in [3.8, 4) is 11.6 Å². The van der Waals surface area contributed by atoms with Crippen molar-refractivity contribution in [3.05, 3.63) is 64.7 Å². The number of rotatable bonds is 9. The quantitative estimate of drug-likeness (QED) is 0.503. The van der Waals surface area contributed by atoms with Gasteiger partial charge in [0, 0.05) is 30.9 Å². The molecule has 8 heteroatoms. The second-order valence-electron chi connectivity index (χ2n) is 8.71. The molecule has 1 aromatic carbocycles. The Kier molecular flexibility index (Phi) is 6.44. The maximum Gasteiger partial charge on any atom is 0.263 e. The minimum absolute atomic E-state index is 0.0985. The van der Waals surface area contributed by atoms with Gasteiger partial charge in [-0.1, -0.05) is 12.1 Å². The summed E-state index contributed by atoms with van der Waals surface area (Å²) >= 11 is 1.34. The average molecular weight is 465 g/mol. The van der Waals surface area contributed by atoms with Gasteiger partial charge < -0.3 is 19.7 Å². The summed E-state index contributed by atoms with van der Waals surface area (Å²) in [6.07, 6.45) is 7.03. The first kappa shape index (κ1) is 21.7. The summed E-state index contributed by atoms with van der Waals surface area (Å²) < 4.78 is 12.1. The van der Waals surface area contributed by atoms with Gasteiger partial charge in [0.15, 0.2) is 0 Å². The van der Waals surface area contributed by atoms with E-state index in [4.69, 9.17) is 9.47 Å². The monoisotopic (exact) mass is 464 g/mol. The topological polar surface area (TPSA) is 76.6 Å². The maximum atomic E-state index is 12.2. The molecular formula is C25H28N4O3S. The number of hydrogen-bond donors (Lipinski definition) is 1. The van der Waals surface area contributed by atoms with Crippen molar-refractivity contribution in [2.75, 3.05) is 24.6 Å². The van der Waals surface area contributed by atoms with Crippen LogP contribution >= 0.6 is 11.3 Å². The van der Waals surface area contributed by atoms with E-state index in [9.17, 15) is 4.79 Å². The van der Waals surface area contributed by atoms with E-state index < -0.39 is 0 Å². The zero-order valence-corrected chi connectivity index (χ0v) is 19.5. The molecule has 2 aliphatic rings. The lowest BCUT2D eigenvalue weighted by Crippen LogP contribution is -2.26. The zero-order valence-electron chi connectivity index (χ0n) is 18.6. The maximum absolute atomic E-state index is 12.2. The average Bonchev–Trinajstić information content (AvgIpc) is 3.29. The van der Waals surface area contributed by atoms with Crippen LogP contribution in [0.3, 0.4) is 0 Å². The van der Waals surface area contributed by atoms with Gasteiger partial charge in [-0.05, 0) is 49.4 Å². The van der Waals surface area contributed by atoms with Gasteiger partial charge in [0.25, 0.3) is 5.91 Å².